The Morgan fingerprint density at radius 2 is 1.70 bits per heavy atom. The number of nitrogens with one attached hydrogen (secondary N) is 1. The van der Waals surface area contributed by atoms with Crippen molar-refractivity contribution in [2.24, 2.45) is 0 Å². The summed E-state index contributed by atoms with van der Waals surface area (Å²) in [5.74, 6) is -1.71. The first kappa shape index (κ1) is 20.2. The van der Waals surface area contributed by atoms with Gasteiger partial charge in [0, 0.05) is 18.7 Å². The molecule has 0 unspecified atom stereocenters. The van der Waals surface area contributed by atoms with Gasteiger partial charge < -0.3 is 19.7 Å². The molecular weight excluding hydrogens is 358 g/mol. The quantitative estimate of drug-likeness (QED) is 0.717. The number of rotatable bonds is 8. The van der Waals surface area contributed by atoms with Crippen LogP contribution >= 0.6 is 0 Å². The smallest absolute Gasteiger partial charge is 0.240 e. The maximum absolute atomic E-state index is 13.4. The SMILES string of the molecule is COc1ccc(OCCNC(=O)CN(C(C)=O)c2ccc(F)c(F)c2)cc1. The Labute approximate surface area is 155 Å². The summed E-state index contributed by atoms with van der Waals surface area (Å²) in [7, 11) is 1.57. The van der Waals surface area contributed by atoms with Gasteiger partial charge in [-0.15, -0.1) is 0 Å². The van der Waals surface area contributed by atoms with Crippen LogP contribution in [0.1, 0.15) is 6.92 Å². The predicted molar refractivity (Wildman–Crippen MR) is 95.9 cm³/mol. The molecule has 2 amide bonds. The number of hydrogen-bond acceptors (Lipinski definition) is 4. The van der Waals surface area contributed by atoms with Gasteiger partial charge in [-0.1, -0.05) is 0 Å². The number of methoxy groups -OCH3 is 1. The molecule has 0 fully saturated rings. The van der Waals surface area contributed by atoms with Crippen molar-refractivity contribution in [3.63, 3.8) is 0 Å². The van der Waals surface area contributed by atoms with Crippen LogP contribution in [0.4, 0.5) is 14.5 Å². The number of amides is 2. The molecule has 2 rings (SSSR count). The molecule has 0 spiro atoms. The van der Waals surface area contributed by atoms with Gasteiger partial charge in [0.25, 0.3) is 0 Å². The molecule has 0 aliphatic rings. The van der Waals surface area contributed by atoms with E-state index in [1.807, 2.05) is 0 Å². The first-order chi connectivity index (χ1) is 12.9. The fourth-order valence-electron chi connectivity index (χ4n) is 2.27. The van der Waals surface area contributed by atoms with Crippen LogP contribution in [0.2, 0.25) is 0 Å². The zero-order valence-electron chi connectivity index (χ0n) is 15.0. The van der Waals surface area contributed by atoms with Crippen molar-refractivity contribution < 1.29 is 27.8 Å². The first-order valence-corrected chi connectivity index (χ1v) is 8.17. The van der Waals surface area contributed by atoms with E-state index in [0.29, 0.717) is 11.5 Å². The van der Waals surface area contributed by atoms with E-state index in [4.69, 9.17) is 9.47 Å². The molecule has 0 saturated heterocycles. The van der Waals surface area contributed by atoms with Crippen LogP contribution in [-0.2, 0) is 9.59 Å². The summed E-state index contributed by atoms with van der Waals surface area (Å²) in [6.07, 6.45) is 0. The van der Waals surface area contributed by atoms with E-state index in [9.17, 15) is 18.4 Å². The fourth-order valence-corrected chi connectivity index (χ4v) is 2.27. The van der Waals surface area contributed by atoms with Gasteiger partial charge in [-0.3, -0.25) is 9.59 Å². The van der Waals surface area contributed by atoms with Gasteiger partial charge >= 0.3 is 0 Å². The van der Waals surface area contributed by atoms with Crippen molar-refractivity contribution in [1.29, 1.82) is 0 Å². The molecule has 6 nitrogen and oxygen atoms in total. The fraction of sp³-hybridized carbons (Fsp3) is 0.263. The minimum absolute atomic E-state index is 0.103. The summed E-state index contributed by atoms with van der Waals surface area (Å²) >= 11 is 0. The summed E-state index contributed by atoms with van der Waals surface area (Å²) < 4.78 is 36.9. The third-order valence-corrected chi connectivity index (χ3v) is 3.65. The number of carbonyl (C=O) groups is 2. The largest absolute Gasteiger partial charge is 0.497 e. The Hall–Kier alpha value is -3.16. The highest BCUT2D eigenvalue weighted by atomic mass is 19.2. The van der Waals surface area contributed by atoms with Crippen molar-refractivity contribution in [2.45, 2.75) is 6.92 Å². The third kappa shape index (κ3) is 5.95. The first-order valence-electron chi connectivity index (χ1n) is 8.17. The number of halogens is 2. The number of benzene rings is 2. The number of nitrogens with zero attached hydrogens (tertiary/aromatic N) is 1. The second-order valence-corrected chi connectivity index (χ2v) is 5.58. The molecule has 0 aromatic heterocycles. The topological polar surface area (TPSA) is 67.9 Å². The van der Waals surface area contributed by atoms with Gasteiger partial charge in [0.15, 0.2) is 11.6 Å². The highest BCUT2D eigenvalue weighted by Crippen LogP contribution is 2.18. The van der Waals surface area contributed by atoms with Crippen molar-refractivity contribution in [3.8, 4) is 11.5 Å². The summed E-state index contributed by atoms with van der Waals surface area (Å²) in [4.78, 5) is 24.8. The number of carbonyl (C=O) groups excluding carboxylic acids is 2. The molecule has 0 bridgehead atoms. The Bertz CT molecular complexity index is 797. The lowest BCUT2D eigenvalue weighted by Crippen LogP contribution is -2.41. The average molecular weight is 378 g/mol. The van der Waals surface area contributed by atoms with E-state index in [1.54, 1.807) is 31.4 Å². The zero-order chi connectivity index (χ0) is 19.8. The van der Waals surface area contributed by atoms with Crippen LogP contribution in [0.25, 0.3) is 0 Å². The van der Waals surface area contributed by atoms with Gasteiger partial charge in [-0.25, -0.2) is 8.78 Å². The van der Waals surface area contributed by atoms with E-state index in [2.05, 4.69) is 5.32 Å². The van der Waals surface area contributed by atoms with E-state index in [-0.39, 0.29) is 25.4 Å². The molecule has 0 aliphatic heterocycles. The van der Waals surface area contributed by atoms with E-state index < -0.39 is 23.4 Å². The molecular formula is C19H20F2N2O4. The molecule has 2 aromatic carbocycles. The number of anilines is 1. The van der Waals surface area contributed by atoms with Gasteiger partial charge in [-0.05, 0) is 36.4 Å². The Morgan fingerprint density at radius 1 is 1.04 bits per heavy atom. The van der Waals surface area contributed by atoms with Crippen LogP contribution in [0.5, 0.6) is 11.5 Å². The normalized spacial score (nSPS) is 10.2. The molecule has 1 N–H and O–H groups in total. The summed E-state index contributed by atoms with van der Waals surface area (Å²) in [5.41, 5.74) is 0.103. The van der Waals surface area contributed by atoms with Gasteiger partial charge in [0.05, 0.1) is 13.7 Å². The summed E-state index contributed by atoms with van der Waals surface area (Å²) in [6.45, 7) is 1.36. The lowest BCUT2D eigenvalue weighted by molar-refractivity contribution is -0.123. The summed E-state index contributed by atoms with van der Waals surface area (Å²) in [6, 6.07) is 9.99. The van der Waals surface area contributed by atoms with Gasteiger partial charge in [0.2, 0.25) is 11.8 Å². The molecule has 0 aliphatic carbocycles. The minimum Gasteiger partial charge on any atom is -0.497 e. The van der Waals surface area contributed by atoms with Crippen LogP contribution in [0.3, 0.4) is 0 Å². The second kappa shape index (κ2) is 9.51. The standard InChI is InChI=1S/C19H20F2N2O4/c1-13(24)23(14-3-8-17(20)18(21)11-14)12-19(25)22-9-10-27-16-6-4-15(26-2)5-7-16/h3-8,11H,9-10,12H2,1-2H3,(H,22,25). The van der Waals surface area contributed by atoms with E-state index >= 15 is 0 Å². The molecule has 144 valence electrons. The molecule has 0 heterocycles. The van der Waals surface area contributed by atoms with E-state index in [1.165, 1.54) is 13.0 Å². The zero-order valence-corrected chi connectivity index (χ0v) is 15.0. The molecule has 2 aromatic rings. The van der Waals surface area contributed by atoms with Crippen LogP contribution in [-0.4, -0.2) is 38.6 Å². The highest BCUT2D eigenvalue weighted by molar-refractivity contribution is 5.97. The maximum Gasteiger partial charge on any atom is 0.240 e. The third-order valence-electron chi connectivity index (χ3n) is 3.65. The lowest BCUT2D eigenvalue weighted by Gasteiger charge is -2.20. The lowest BCUT2D eigenvalue weighted by atomic mass is 10.2. The molecule has 8 heteroatoms. The molecule has 0 saturated carbocycles. The maximum atomic E-state index is 13.4. The minimum atomic E-state index is -1.09. The Kier molecular flexibility index (Phi) is 7.10. The molecule has 0 radical (unpaired) electrons. The Balaban J connectivity index is 1.83. The van der Waals surface area contributed by atoms with Gasteiger partial charge in [-0.2, -0.15) is 0 Å². The highest BCUT2D eigenvalue weighted by Gasteiger charge is 2.17. The van der Waals surface area contributed by atoms with Crippen LogP contribution < -0.4 is 19.7 Å². The van der Waals surface area contributed by atoms with Crippen molar-refractivity contribution in [1.82, 2.24) is 5.32 Å². The van der Waals surface area contributed by atoms with Crippen LogP contribution in [0.15, 0.2) is 42.5 Å². The Morgan fingerprint density at radius 3 is 2.30 bits per heavy atom. The predicted octanol–water partition coefficient (Wildman–Crippen LogP) is 2.52. The molecule has 0 atom stereocenters. The van der Waals surface area contributed by atoms with Gasteiger partial charge in [0.1, 0.15) is 24.7 Å². The van der Waals surface area contributed by atoms with Crippen molar-refractivity contribution in [3.05, 3.63) is 54.1 Å². The van der Waals surface area contributed by atoms with Crippen molar-refractivity contribution in [2.75, 3.05) is 31.7 Å². The number of hydrogen-bond donors (Lipinski definition) is 1. The second-order valence-electron chi connectivity index (χ2n) is 5.58. The van der Waals surface area contributed by atoms with Crippen molar-refractivity contribution >= 4 is 17.5 Å². The van der Waals surface area contributed by atoms with Crippen LogP contribution in [0, 0.1) is 11.6 Å². The monoisotopic (exact) mass is 378 g/mol. The summed E-state index contributed by atoms with van der Waals surface area (Å²) in [5, 5.41) is 2.61. The average Bonchev–Trinajstić information content (AvgIpc) is 2.66. The number of ether oxygens (including phenoxy) is 2. The van der Waals surface area contributed by atoms with E-state index in [0.717, 1.165) is 17.0 Å². The molecule has 27 heavy (non-hydrogen) atoms.